The van der Waals surface area contributed by atoms with E-state index in [2.05, 4.69) is 37.4 Å². The van der Waals surface area contributed by atoms with Gasteiger partial charge in [0.1, 0.15) is 0 Å². The van der Waals surface area contributed by atoms with Crippen molar-refractivity contribution in [3.8, 4) is 0 Å². The van der Waals surface area contributed by atoms with Gasteiger partial charge in [-0.05, 0) is 68.4 Å². The Morgan fingerprint density at radius 3 is 2.80 bits per heavy atom. The van der Waals surface area contributed by atoms with Gasteiger partial charge in [-0.1, -0.05) is 0 Å². The van der Waals surface area contributed by atoms with Crippen LogP contribution in [0.2, 0.25) is 0 Å². The first-order valence-electron chi connectivity index (χ1n) is 5.68. The third kappa shape index (κ3) is 1.30. The molecular weight excluding hydrogens is 182 g/mol. The van der Waals surface area contributed by atoms with Gasteiger partial charge in [0.25, 0.3) is 0 Å². The first kappa shape index (κ1) is 9.02. The fourth-order valence-corrected chi connectivity index (χ4v) is 2.51. The van der Waals surface area contributed by atoms with Crippen LogP contribution in [0.1, 0.15) is 28.8 Å². The van der Waals surface area contributed by atoms with E-state index in [4.69, 9.17) is 0 Å². The van der Waals surface area contributed by atoms with Crippen molar-refractivity contribution in [2.75, 3.05) is 0 Å². The topological polar surface area (TPSA) is 15.8 Å². The Hall–Kier alpha value is -1.24. The van der Waals surface area contributed by atoms with Gasteiger partial charge in [-0.25, -0.2) is 0 Å². The van der Waals surface area contributed by atoms with Crippen LogP contribution in [-0.2, 0) is 12.8 Å². The molecule has 1 nitrogen and oxygen atoms in total. The van der Waals surface area contributed by atoms with Crippen molar-refractivity contribution >= 4 is 10.9 Å². The summed E-state index contributed by atoms with van der Waals surface area (Å²) < 4.78 is 0. The third-order valence-corrected chi connectivity index (χ3v) is 3.56. The number of aromatic amines is 1. The zero-order valence-corrected chi connectivity index (χ0v) is 9.35. The second-order valence-electron chi connectivity index (χ2n) is 4.60. The van der Waals surface area contributed by atoms with Crippen LogP contribution in [0.5, 0.6) is 0 Å². The molecule has 0 bridgehead atoms. The summed E-state index contributed by atoms with van der Waals surface area (Å²) in [4.78, 5) is 3.56. The van der Waals surface area contributed by atoms with Crippen LogP contribution in [0, 0.1) is 20.3 Å². The molecule has 0 aliphatic heterocycles. The van der Waals surface area contributed by atoms with Crippen molar-refractivity contribution in [2.45, 2.75) is 33.1 Å². The quantitative estimate of drug-likeness (QED) is 0.667. The molecule has 1 heterocycles. The summed E-state index contributed by atoms with van der Waals surface area (Å²) in [6.45, 7) is 4.38. The van der Waals surface area contributed by atoms with Crippen LogP contribution in [0.3, 0.4) is 0 Å². The first-order valence-corrected chi connectivity index (χ1v) is 5.68. The fourth-order valence-electron chi connectivity index (χ4n) is 2.51. The van der Waals surface area contributed by atoms with Crippen molar-refractivity contribution in [1.29, 1.82) is 0 Å². The third-order valence-electron chi connectivity index (χ3n) is 3.56. The number of aromatic nitrogens is 1. The summed E-state index contributed by atoms with van der Waals surface area (Å²) in [5.41, 5.74) is 7.08. The van der Waals surface area contributed by atoms with Gasteiger partial charge < -0.3 is 4.98 Å². The highest BCUT2D eigenvalue weighted by Gasteiger charge is 2.15. The van der Waals surface area contributed by atoms with Gasteiger partial charge in [0.15, 0.2) is 0 Å². The highest BCUT2D eigenvalue weighted by Crippen LogP contribution is 2.30. The van der Waals surface area contributed by atoms with Crippen LogP contribution in [0.25, 0.3) is 10.9 Å². The summed E-state index contributed by atoms with van der Waals surface area (Å²) in [5, 5.41) is 1.43. The van der Waals surface area contributed by atoms with Gasteiger partial charge in [0, 0.05) is 16.6 Å². The van der Waals surface area contributed by atoms with E-state index in [1.54, 1.807) is 0 Å². The average molecular weight is 198 g/mol. The van der Waals surface area contributed by atoms with E-state index in [1.165, 1.54) is 46.1 Å². The van der Waals surface area contributed by atoms with E-state index < -0.39 is 0 Å². The van der Waals surface area contributed by atoms with E-state index in [-0.39, 0.29) is 0 Å². The lowest BCUT2D eigenvalue weighted by Gasteiger charge is -2.10. The molecule has 1 aliphatic carbocycles. The average Bonchev–Trinajstić information content (AvgIpc) is 2.57. The molecule has 0 unspecified atom stereocenters. The molecule has 0 saturated heterocycles. The Bertz CT molecular complexity index is 520. The highest BCUT2D eigenvalue weighted by atomic mass is 14.7. The molecule has 1 aromatic heterocycles. The minimum absolute atomic E-state index is 1.14. The largest absolute Gasteiger partial charge is 0.358 e. The van der Waals surface area contributed by atoms with Gasteiger partial charge in [0.05, 0.1) is 0 Å². The van der Waals surface area contributed by atoms with Gasteiger partial charge in [-0.15, -0.1) is 0 Å². The predicted molar refractivity (Wildman–Crippen MR) is 64.1 cm³/mol. The zero-order chi connectivity index (χ0) is 10.4. The lowest BCUT2D eigenvalue weighted by molar-refractivity contribution is 0.816. The molecular formula is C14H16N. The SMILES string of the molecule is Cc1cc2[nH]c3c(c2cc1C)C[CH]CC3. The normalized spacial score (nSPS) is 15.6. The zero-order valence-electron chi connectivity index (χ0n) is 9.35. The fraction of sp³-hybridized carbons (Fsp3) is 0.357. The van der Waals surface area contributed by atoms with E-state index in [0.29, 0.717) is 0 Å². The molecule has 0 spiro atoms. The Kier molecular flexibility index (Phi) is 1.88. The monoisotopic (exact) mass is 198 g/mol. The molecule has 15 heavy (non-hydrogen) atoms. The van der Waals surface area contributed by atoms with Crippen molar-refractivity contribution < 1.29 is 0 Å². The summed E-state index contributed by atoms with van der Waals surface area (Å²) in [6.07, 6.45) is 5.93. The molecule has 3 rings (SSSR count). The Morgan fingerprint density at radius 2 is 1.93 bits per heavy atom. The number of rotatable bonds is 0. The lowest BCUT2D eigenvalue weighted by Crippen LogP contribution is -2.00. The molecule has 0 fully saturated rings. The van der Waals surface area contributed by atoms with Crippen molar-refractivity contribution in [3.63, 3.8) is 0 Å². The number of aryl methyl sites for hydroxylation is 3. The Balaban J connectivity index is 2.33. The molecule has 1 N–H and O–H groups in total. The van der Waals surface area contributed by atoms with Crippen LogP contribution < -0.4 is 0 Å². The second kappa shape index (κ2) is 3.13. The molecule has 1 radical (unpaired) electrons. The Morgan fingerprint density at radius 1 is 1.13 bits per heavy atom. The van der Waals surface area contributed by atoms with Crippen molar-refractivity contribution in [2.24, 2.45) is 0 Å². The number of H-pyrrole nitrogens is 1. The first-order chi connectivity index (χ1) is 7.25. The van der Waals surface area contributed by atoms with Crippen LogP contribution in [-0.4, -0.2) is 4.98 Å². The minimum atomic E-state index is 1.14. The molecule has 0 amide bonds. The molecule has 0 atom stereocenters. The minimum Gasteiger partial charge on any atom is -0.358 e. The standard InChI is InChI=1S/C14H16N/c1-9-7-12-11-5-3-4-6-13(11)15-14(12)8-10(9)2/h3,7-8,15H,4-6H2,1-2H3. The second-order valence-corrected chi connectivity index (χ2v) is 4.60. The summed E-state index contributed by atoms with van der Waals surface area (Å²) >= 11 is 0. The van der Waals surface area contributed by atoms with Gasteiger partial charge in [0.2, 0.25) is 0 Å². The predicted octanol–water partition coefficient (Wildman–Crippen LogP) is 3.48. The summed E-state index contributed by atoms with van der Waals surface area (Å²) in [5.74, 6) is 0. The maximum absolute atomic E-state index is 3.56. The molecule has 1 aliphatic rings. The molecule has 1 heteroatoms. The number of benzene rings is 1. The van der Waals surface area contributed by atoms with E-state index in [0.717, 1.165) is 6.42 Å². The summed E-state index contributed by atoms with van der Waals surface area (Å²) in [6, 6.07) is 4.61. The van der Waals surface area contributed by atoms with Gasteiger partial charge in [-0.3, -0.25) is 0 Å². The molecule has 77 valence electrons. The Labute approximate surface area is 90.5 Å². The number of hydrogen-bond acceptors (Lipinski definition) is 0. The van der Waals surface area contributed by atoms with E-state index >= 15 is 0 Å². The maximum atomic E-state index is 3.56. The number of fused-ring (bicyclic) bond motifs is 3. The number of hydrogen-bond donors (Lipinski definition) is 1. The van der Waals surface area contributed by atoms with Gasteiger partial charge in [-0.2, -0.15) is 0 Å². The van der Waals surface area contributed by atoms with Crippen LogP contribution in [0.15, 0.2) is 12.1 Å². The highest BCUT2D eigenvalue weighted by molar-refractivity contribution is 5.86. The smallest absolute Gasteiger partial charge is 0.0461 e. The van der Waals surface area contributed by atoms with Crippen molar-refractivity contribution in [1.82, 2.24) is 4.98 Å². The van der Waals surface area contributed by atoms with Crippen LogP contribution >= 0.6 is 0 Å². The summed E-state index contributed by atoms with van der Waals surface area (Å²) in [7, 11) is 0. The van der Waals surface area contributed by atoms with E-state index in [1.807, 2.05) is 0 Å². The molecule has 2 aromatic rings. The lowest BCUT2D eigenvalue weighted by atomic mass is 9.94. The molecule has 0 saturated carbocycles. The maximum Gasteiger partial charge on any atom is 0.0461 e. The van der Waals surface area contributed by atoms with E-state index in [9.17, 15) is 0 Å². The van der Waals surface area contributed by atoms with Crippen LogP contribution in [0.4, 0.5) is 0 Å². The molecule has 1 aromatic carbocycles. The van der Waals surface area contributed by atoms with Gasteiger partial charge >= 0.3 is 0 Å². The number of nitrogens with one attached hydrogen (secondary N) is 1. The van der Waals surface area contributed by atoms with Crippen molar-refractivity contribution in [3.05, 3.63) is 40.9 Å².